The molecule has 0 bridgehead atoms. The molecular formula is C13H17ClN2O. The van der Waals surface area contributed by atoms with Crippen LogP contribution < -0.4 is 10.6 Å². The van der Waals surface area contributed by atoms with E-state index in [0.717, 1.165) is 5.56 Å². The van der Waals surface area contributed by atoms with Gasteiger partial charge in [-0.2, -0.15) is 0 Å². The Balaban J connectivity index is 2.37. The van der Waals surface area contributed by atoms with Crippen molar-refractivity contribution in [1.82, 2.24) is 10.6 Å². The van der Waals surface area contributed by atoms with Crippen molar-refractivity contribution in [3.8, 4) is 0 Å². The standard InChI is InChI=1S/C13H17ClN2O/c1-3-8-15-13(17)10(2)16-9-11-4-6-12(14)7-5-11/h3-7,10,16H,1,8-9H2,2H3,(H,15,17). The van der Waals surface area contributed by atoms with Crippen molar-refractivity contribution in [2.75, 3.05) is 6.54 Å². The fraction of sp³-hybridized carbons (Fsp3) is 0.308. The van der Waals surface area contributed by atoms with Crippen LogP contribution in [-0.4, -0.2) is 18.5 Å². The average molecular weight is 253 g/mol. The number of carbonyl (C=O) groups is 1. The zero-order chi connectivity index (χ0) is 12.7. The first-order chi connectivity index (χ1) is 8.13. The largest absolute Gasteiger partial charge is 0.351 e. The molecule has 1 aromatic carbocycles. The summed E-state index contributed by atoms with van der Waals surface area (Å²) in [5, 5.41) is 6.59. The van der Waals surface area contributed by atoms with Crippen LogP contribution in [0.4, 0.5) is 0 Å². The van der Waals surface area contributed by atoms with E-state index in [-0.39, 0.29) is 11.9 Å². The van der Waals surface area contributed by atoms with Gasteiger partial charge in [-0.05, 0) is 24.6 Å². The fourth-order valence-electron chi connectivity index (χ4n) is 1.29. The zero-order valence-electron chi connectivity index (χ0n) is 9.87. The number of rotatable bonds is 6. The lowest BCUT2D eigenvalue weighted by Crippen LogP contribution is -2.41. The zero-order valence-corrected chi connectivity index (χ0v) is 10.6. The minimum Gasteiger partial charge on any atom is -0.351 e. The lowest BCUT2D eigenvalue weighted by Gasteiger charge is -2.13. The summed E-state index contributed by atoms with van der Waals surface area (Å²) in [5.74, 6) is -0.0288. The van der Waals surface area contributed by atoms with Crippen molar-refractivity contribution in [2.45, 2.75) is 19.5 Å². The van der Waals surface area contributed by atoms with Crippen molar-refractivity contribution < 1.29 is 4.79 Å². The summed E-state index contributed by atoms with van der Waals surface area (Å²) in [6.07, 6.45) is 1.66. The predicted octanol–water partition coefficient (Wildman–Crippen LogP) is 2.12. The molecule has 0 aliphatic heterocycles. The molecule has 1 aromatic rings. The Hall–Kier alpha value is -1.32. The summed E-state index contributed by atoms with van der Waals surface area (Å²) < 4.78 is 0. The van der Waals surface area contributed by atoms with Gasteiger partial charge in [-0.3, -0.25) is 4.79 Å². The highest BCUT2D eigenvalue weighted by atomic mass is 35.5. The van der Waals surface area contributed by atoms with Gasteiger partial charge in [0, 0.05) is 18.1 Å². The van der Waals surface area contributed by atoms with E-state index in [1.54, 1.807) is 6.08 Å². The molecule has 0 fully saturated rings. The summed E-state index contributed by atoms with van der Waals surface area (Å²) in [6, 6.07) is 7.31. The number of nitrogens with one attached hydrogen (secondary N) is 2. The number of carbonyl (C=O) groups excluding carboxylic acids is 1. The number of benzene rings is 1. The van der Waals surface area contributed by atoms with Crippen LogP contribution in [0.1, 0.15) is 12.5 Å². The summed E-state index contributed by atoms with van der Waals surface area (Å²) in [4.78, 5) is 11.5. The maximum absolute atomic E-state index is 11.5. The highest BCUT2D eigenvalue weighted by Gasteiger charge is 2.10. The van der Waals surface area contributed by atoms with Crippen LogP contribution in [0.25, 0.3) is 0 Å². The molecular weight excluding hydrogens is 236 g/mol. The van der Waals surface area contributed by atoms with Crippen LogP contribution in [0, 0.1) is 0 Å². The van der Waals surface area contributed by atoms with E-state index >= 15 is 0 Å². The van der Waals surface area contributed by atoms with E-state index in [0.29, 0.717) is 18.1 Å². The second kappa shape index (κ2) is 7.09. The Morgan fingerprint density at radius 3 is 2.71 bits per heavy atom. The van der Waals surface area contributed by atoms with E-state index in [9.17, 15) is 4.79 Å². The Kier molecular flexibility index (Phi) is 5.73. The molecule has 3 nitrogen and oxygen atoms in total. The molecule has 0 radical (unpaired) electrons. The van der Waals surface area contributed by atoms with Gasteiger partial charge in [0.15, 0.2) is 0 Å². The molecule has 1 amide bonds. The molecule has 4 heteroatoms. The van der Waals surface area contributed by atoms with Crippen molar-refractivity contribution in [1.29, 1.82) is 0 Å². The molecule has 0 aliphatic rings. The lowest BCUT2D eigenvalue weighted by molar-refractivity contribution is -0.122. The highest BCUT2D eigenvalue weighted by molar-refractivity contribution is 6.30. The minimum absolute atomic E-state index is 0.0288. The minimum atomic E-state index is -0.231. The average Bonchev–Trinajstić information content (AvgIpc) is 2.34. The molecule has 0 saturated carbocycles. The summed E-state index contributed by atoms with van der Waals surface area (Å²) >= 11 is 5.79. The summed E-state index contributed by atoms with van der Waals surface area (Å²) in [7, 11) is 0. The molecule has 1 unspecified atom stereocenters. The van der Waals surface area contributed by atoms with Gasteiger partial charge < -0.3 is 10.6 Å². The normalized spacial score (nSPS) is 11.9. The van der Waals surface area contributed by atoms with Crippen LogP contribution in [0.2, 0.25) is 5.02 Å². The van der Waals surface area contributed by atoms with Gasteiger partial charge >= 0.3 is 0 Å². The Morgan fingerprint density at radius 2 is 2.12 bits per heavy atom. The van der Waals surface area contributed by atoms with Crippen LogP contribution in [-0.2, 0) is 11.3 Å². The lowest BCUT2D eigenvalue weighted by atomic mass is 10.2. The molecule has 0 aliphatic carbocycles. The molecule has 1 atom stereocenters. The van der Waals surface area contributed by atoms with Crippen LogP contribution in [0.5, 0.6) is 0 Å². The first kappa shape index (κ1) is 13.7. The van der Waals surface area contributed by atoms with Gasteiger partial charge in [0.1, 0.15) is 0 Å². The van der Waals surface area contributed by atoms with Gasteiger partial charge in [0.25, 0.3) is 0 Å². The van der Waals surface area contributed by atoms with Crippen molar-refractivity contribution in [3.05, 3.63) is 47.5 Å². The van der Waals surface area contributed by atoms with Gasteiger partial charge in [-0.1, -0.05) is 29.8 Å². The third kappa shape index (κ3) is 5.02. The molecule has 0 saturated heterocycles. The first-order valence-electron chi connectivity index (χ1n) is 5.50. The van der Waals surface area contributed by atoms with E-state index in [2.05, 4.69) is 17.2 Å². The van der Waals surface area contributed by atoms with Crippen molar-refractivity contribution in [2.24, 2.45) is 0 Å². The number of hydrogen-bond acceptors (Lipinski definition) is 2. The summed E-state index contributed by atoms with van der Waals surface area (Å²) in [5.41, 5.74) is 1.10. The third-order valence-corrected chi connectivity index (χ3v) is 2.59. The topological polar surface area (TPSA) is 41.1 Å². The Labute approximate surface area is 107 Å². The molecule has 0 aromatic heterocycles. The second-order valence-corrected chi connectivity index (χ2v) is 4.20. The molecule has 0 heterocycles. The highest BCUT2D eigenvalue weighted by Crippen LogP contribution is 2.09. The molecule has 2 N–H and O–H groups in total. The maximum atomic E-state index is 11.5. The van der Waals surface area contributed by atoms with Gasteiger partial charge in [0.2, 0.25) is 5.91 Å². The van der Waals surface area contributed by atoms with E-state index in [4.69, 9.17) is 11.6 Å². The van der Waals surface area contributed by atoms with Gasteiger partial charge in [-0.15, -0.1) is 6.58 Å². The molecule has 92 valence electrons. The molecule has 17 heavy (non-hydrogen) atoms. The van der Waals surface area contributed by atoms with E-state index in [1.807, 2.05) is 31.2 Å². The number of halogens is 1. The summed E-state index contributed by atoms with van der Waals surface area (Å²) in [6.45, 7) is 6.50. The smallest absolute Gasteiger partial charge is 0.237 e. The number of amides is 1. The Bertz CT molecular complexity index is 376. The molecule has 0 spiro atoms. The van der Waals surface area contributed by atoms with Crippen molar-refractivity contribution >= 4 is 17.5 Å². The SMILES string of the molecule is C=CCNC(=O)C(C)NCc1ccc(Cl)cc1. The van der Waals surface area contributed by atoms with Gasteiger partial charge in [0.05, 0.1) is 6.04 Å². The fourth-order valence-corrected chi connectivity index (χ4v) is 1.42. The van der Waals surface area contributed by atoms with E-state index < -0.39 is 0 Å². The Morgan fingerprint density at radius 1 is 1.47 bits per heavy atom. The van der Waals surface area contributed by atoms with Crippen LogP contribution in [0.3, 0.4) is 0 Å². The van der Waals surface area contributed by atoms with Crippen molar-refractivity contribution in [3.63, 3.8) is 0 Å². The van der Waals surface area contributed by atoms with Crippen LogP contribution in [0.15, 0.2) is 36.9 Å². The van der Waals surface area contributed by atoms with Gasteiger partial charge in [-0.25, -0.2) is 0 Å². The third-order valence-electron chi connectivity index (χ3n) is 2.34. The maximum Gasteiger partial charge on any atom is 0.237 e. The van der Waals surface area contributed by atoms with Crippen LogP contribution >= 0.6 is 11.6 Å². The predicted molar refractivity (Wildman–Crippen MR) is 71.0 cm³/mol. The van der Waals surface area contributed by atoms with E-state index in [1.165, 1.54) is 0 Å². The molecule has 1 rings (SSSR count). The second-order valence-electron chi connectivity index (χ2n) is 3.76. The monoisotopic (exact) mass is 252 g/mol. The first-order valence-corrected chi connectivity index (χ1v) is 5.87. The quantitative estimate of drug-likeness (QED) is 0.762. The number of hydrogen-bond donors (Lipinski definition) is 2.